The molecule has 1 aromatic carbocycles. The molecule has 1 aromatic rings. The van der Waals surface area contributed by atoms with Gasteiger partial charge in [-0.2, -0.15) is 0 Å². The quantitative estimate of drug-likeness (QED) is 0.333. The molecule has 2 aliphatic rings. The van der Waals surface area contributed by atoms with Crippen LogP contribution in [0, 0.1) is 5.41 Å². The van der Waals surface area contributed by atoms with Crippen molar-refractivity contribution in [3.63, 3.8) is 0 Å². The number of ether oxygens (including phenoxy) is 3. The van der Waals surface area contributed by atoms with E-state index < -0.39 is 41.2 Å². The normalized spacial score (nSPS) is 26.4. The zero-order valence-corrected chi connectivity index (χ0v) is 16.1. The number of fused-ring (bicyclic) bond motifs is 1. The monoisotopic (exact) mass is 387 g/mol. The van der Waals surface area contributed by atoms with Crippen molar-refractivity contribution in [3.05, 3.63) is 35.9 Å². The number of esters is 2. The molecule has 1 heterocycles. The summed E-state index contributed by atoms with van der Waals surface area (Å²) in [6.07, 6.45) is 0.573. The van der Waals surface area contributed by atoms with Gasteiger partial charge in [0, 0.05) is 12.6 Å². The lowest BCUT2D eigenvalue weighted by Gasteiger charge is -2.40. The lowest BCUT2D eigenvalue weighted by molar-refractivity contribution is -0.171. The van der Waals surface area contributed by atoms with Gasteiger partial charge in [-0.05, 0) is 43.7 Å². The third-order valence-corrected chi connectivity index (χ3v) is 5.19. The molecular formula is C20H21NO7. The van der Waals surface area contributed by atoms with Gasteiger partial charge in [-0.3, -0.25) is 19.2 Å². The van der Waals surface area contributed by atoms with Crippen molar-refractivity contribution in [2.45, 2.75) is 32.4 Å². The molecule has 28 heavy (non-hydrogen) atoms. The Labute approximate surface area is 162 Å². The Morgan fingerprint density at radius 2 is 1.79 bits per heavy atom. The van der Waals surface area contributed by atoms with Crippen LogP contribution >= 0.6 is 0 Å². The number of rotatable bonds is 4. The van der Waals surface area contributed by atoms with Gasteiger partial charge in [0.1, 0.15) is 11.9 Å². The summed E-state index contributed by atoms with van der Waals surface area (Å²) in [4.78, 5) is 51.9. The highest BCUT2D eigenvalue weighted by Crippen LogP contribution is 2.48. The summed E-state index contributed by atoms with van der Waals surface area (Å²) in [5.74, 6) is -2.78. The fraction of sp³-hybridized carbons (Fsp3) is 0.400. The van der Waals surface area contributed by atoms with E-state index in [1.54, 1.807) is 31.2 Å². The molecule has 0 N–H and O–H groups in total. The lowest BCUT2D eigenvalue weighted by atomic mass is 9.68. The molecular weight excluding hydrogens is 366 g/mol. The second kappa shape index (κ2) is 7.10. The van der Waals surface area contributed by atoms with Gasteiger partial charge in [0.15, 0.2) is 5.41 Å². The second-order valence-corrected chi connectivity index (χ2v) is 6.83. The van der Waals surface area contributed by atoms with Crippen LogP contribution in [0.1, 0.15) is 20.3 Å². The van der Waals surface area contributed by atoms with Crippen LogP contribution in [-0.2, 0) is 28.7 Å². The van der Waals surface area contributed by atoms with E-state index in [1.807, 2.05) is 0 Å². The fourth-order valence-corrected chi connectivity index (χ4v) is 3.98. The Hall–Kier alpha value is -3.16. The molecule has 1 saturated heterocycles. The molecule has 8 heteroatoms. The van der Waals surface area contributed by atoms with E-state index in [0.29, 0.717) is 11.4 Å². The zero-order chi connectivity index (χ0) is 20.6. The first kappa shape index (κ1) is 19.6. The first-order valence-electron chi connectivity index (χ1n) is 8.72. The van der Waals surface area contributed by atoms with Crippen LogP contribution in [0.5, 0.6) is 5.75 Å². The van der Waals surface area contributed by atoms with Crippen molar-refractivity contribution < 1.29 is 33.4 Å². The van der Waals surface area contributed by atoms with E-state index in [9.17, 15) is 19.2 Å². The van der Waals surface area contributed by atoms with Gasteiger partial charge in [-0.15, -0.1) is 0 Å². The average Bonchev–Trinajstić information content (AvgIpc) is 2.89. The molecule has 148 valence electrons. The van der Waals surface area contributed by atoms with E-state index in [4.69, 9.17) is 14.2 Å². The molecule has 0 saturated carbocycles. The molecule has 1 amide bonds. The molecule has 0 bridgehead atoms. The predicted molar refractivity (Wildman–Crippen MR) is 97.7 cm³/mol. The van der Waals surface area contributed by atoms with Crippen molar-refractivity contribution in [2.24, 2.45) is 5.41 Å². The SMILES string of the molecule is COC(=O)[C@@]12C(=O)C(=O)N(c3ccc(OC)cc3)[C@@H]1CC(C)=C[C@@H]2OC(C)=O. The second-order valence-electron chi connectivity index (χ2n) is 6.83. The summed E-state index contributed by atoms with van der Waals surface area (Å²) in [6, 6.07) is 5.70. The number of carbonyl (C=O) groups excluding carboxylic acids is 4. The maximum absolute atomic E-state index is 13.1. The van der Waals surface area contributed by atoms with Crippen LogP contribution < -0.4 is 9.64 Å². The minimum atomic E-state index is -1.95. The number of carbonyl (C=O) groups is 4. The van der Waals surface area contributed by atoms with E-state index in [2.05, 4.69) is 0 Å². The number of anilines is 1. The van der Waals surface area contributed by atoms with Gasteiger partial charge in [0.25, 0.3) is 5.91 Å². The van der Waals surface area contributed by atoms with Crippen molar-refractivity contribution >= 4 is 29.3 Å². The van der Waals surface area contributed by atoms with Crippen LogP contribution in [0.25, 0.3) is 0 Å². The summed E-state index contributed by atoms with van der Waals surface area (Å²) in [5.41, 5.74) is -0.722. The zero-order valence-electron chi connectivity index (χ0n) is 16.1. The number of amides is 1. The summed E-state index contributed by atoms with van der Waals surface area (Å²) in [5, 5.41) is 0. The average molecular weight is 387 g/mol. The van der Waals surface area contributed by atoms with E-state index in [1.165, 1.54) is 25.0 Å². The van der Waals surface area contributed by atoms with Crippen LogP contribution in [0.15, 0.2) is 35.9 Å². The first-order valence-corrected chi connectivity index (χ1v) is 8.72. The highest BCUT2D eigenvalue weighted by atomic mass is 16.6. The van der Waals surface area contributed by atoms with Crippen LogP contribution in [0.4, 0.5) is 5.69 Å². The van der Waals surface area contributed by atoms with Crippen molar-refractivity contribution in [1.82, 2.24) is 0 Å². The molecule has 0 unspecified atom stereocenters. The number of nitrogens with zero attached hydrogens (tertiary/aromatic N) is 1. The van der Waals surface area contributed by atoms with Gasteiger partial charge < -0.3 is 19.1 Å². The smallest absolute Gasteiger partial charge is 0.326 e. The molecule has 1 fully saturated rings. The van der Waals surface area contributed by atoms with Gasteiger partial charge in [0.05, 0.1) is 20.3 Å². The minimum Gasteiger partial charge on any atom is -0.497 e. The topological polar surface area (TPSA) is 99.2 Å². The van der Waals surface area contributed by atoms with Crippen molar-refractivity contribution in [2.75, 3.05) is 19.1 Å². The third kappa shape index (κ3) is 2.76. The molecule has 0 aromatic heterocycles. The predicted octanol–water partition coefficient (Wildman–Crippen LogP) is 1.42. The highest BCUT2D eigenvalue weighted by molar-refractivity contribution is 6.50. The third-order valence-electron chi connectivity index (χ3n) is 5.19. The Balaban J connectivity index is 2.18. The summed E-state index contributed by atoms with van der Waals surface area (Å²) in [7, 11) is 2.65. The summed E-state index contributed by atoms with van der Waals surface area (Å²) in [6.45, 7) is 2.97. The minimum absolute atomic E-state index is 0.260. The summed E-state index contributed by atoms with van der Waals surface area (Å²) >= 11 is 0. The molecule has 8 nitrogen and oxygen atoms in total. The highest BCUT2D eigenvalue weighted by Gasteiger charge is 2.70. The van der Waals surface area contributed by atoms with E-state index in [0.717, 1.165) is 12.7 Å². The first-order chi connectivity index (χ1) is 13.3. The van der Waals surface area contributed by atoms with E-state index >= 15 is 0 Å². The van der Waals surface area contributed by atoms with E-state index in [-0.39, 0.29) is 6.42 Å². The molecule has 3 rings (SSSR count). The van der Waals surface area contributed by atoms with Gasteiger partial charge in [-0.1, -0.05) is 5.57 Å². The number of hydrogen-bond acceptors (Lipinski definition) is 7. The molecule has 3 atom stereocenters. The van der Waals surface area contributed by atoms with Crippen LogP contribution in [0.3, 0.4) is 0 Å². The van der Waals surface area contributed by atoms with Gasteiger partial charge in [0.2, 0.25) is 5.78 Å². The molecule has 0 radical (unpaired) electrons. The largest absolute Gasteiger partial charge is 0.497 e. The van der Waals surface area contributed by atoms with Crippen molar-refractivity contribution in [3.8, 4) is 5.75 Å². The molecule has 1 aliphatic heterocycles. The number of hydrogen-bond donors (Lipinski definition) is 0. The lowest BCUT2D eigenvalue weighted by Crippen LogP contribution is -2.58. The van der Waals surface area contributed by atoms with Crippen LogP contribution in [0.2, 0.25) is 0 Å². The fourth-order valence-electron chi connectivity index (χ4n) is 3.98. The number of ketones is 1. The Morgan fingerprint density at radius 3 is 2.32 bits per heavy atom. The molecule has 1 aliphatic carbocycles. The Kier molecular flexibility index (Phi) is 4.97. The number of methoxy groups -OCH3 is 2. The maximum atomic E-state index is 13.1. The maximum Gasteiger partial charge on any atom is 0.326 e. The van der Waals surface area contributed by atoms with Gasteiger partial charge in [-0.25, -0.2) is 0 Å². The van der Waals surface area contributed by atoms with Gasteiger partial charge >= 0.3 is 11.9 Å². The molecule has 0 spiro atoms. The van der Waals surface area contributed by atoms with Crippen LogP contribution in [-0.4, -0.2) is 50.0 Å². The Morgan fingerprint density at radius 1 is 1.14 bits per heavy atom. The van der Waals surface area contributed by atoms with Crippen molar-refractivity contribution in [1.29, 1.82) is 0 Å². The number of benzene rings is 1. The summed E-state index contributed by atoms with van der Waals surface area (Å²) < 4.78 is 15.3. The standard InChI is InChI=1S/C20H21NO7/c1-11-9-15-20(19(25)27-4,16(10-11)28-12(2)22)17(23)18(24)21(15)13-5-7-14(26-3)8-6-13/h5-8,10,15-16H,9H2,1-4H3/t15-,16+,20+/m1/s1. The number of Topliss-reactive ketones (excluding diaryl/α,β-unsaturated/α-hetero) is 1. The Bertz CT molecular complexity index is 873.